The Bertz CT molecular complexity index is 398. The third kappa shape index (κ3) is 4.23. The SMILES string of the molecule is CC(C)Oc1cncc(N2CCCC(CCCl)C2)n1. The van der Waals surface area contributed by atoms with Crippen molar-refractivity contribution < 1.29 is 4.74 Å². The fourth-order valence-corrected chi connectivity index (χ4v) is 2.76. The standard InChI is InChI=1S/C14H22ClN3O/c1-11(2)19-14-9-16-8-13(17-14)18-7-3-4-12(10-18)5-6-15/h8-9,11-12H,3-7,10H2,1-2H3. The predicted molar refractivity (Wildman–Crippen MR) is 78.1 cm³/mol. The van der Waals surface area contributed by atoms with Gasteiger partial charge in [0, 0.05) is 19.0 Å². The van der Waals surface area contributed by atoms with Crippen LogP contribution in [0.15, 0.2) is 12.4 Å². The number of nitrogens with zero attached hydrogens (tertiary/aromatic N) is 3. The molecular weight excluding hydrogens is 262 g/mol. The van der Waals surface area contributed by atoms with Crippen LogP contribution in [-0.2, 0) is 0 Å². The number of rotatable bonds is 5. The third-order valence-electron chi connectivity index (χ3n) is 3.32. The van der Waals surface area contributed by atoms with Crippen LogP contribution in [0.25, 0.3) is 0 Å². The lowest BCUT2D eigenvalue weighted by Crippen LogP contribution is -2.36. The molecule has 0 N–H and O–H groups in total. The van der Waals surface area contributed by atoms with Gasteiger partial charge in [-0.05, 0) is 39.0 Å². The summed E-state index contributed by atoms with van der Waals surface area (Å²) in [6.07, 6.45) is 7.14. The Morgan fingerprint density at radius 2 is 2.32 bits per heavy atom. The number of piperidine rings is 1. The second-order valence-electron chi connectivity index (χ2n) is 5.31. The molecule has 0 radical (unpaired) electrons. The normalized spacial score (nSPS) is 19.8. The highest BCUT2D eigenvalue weighted by molar-refractivity contribution is 6.17. The third-order valence-corrected chi connectivity index (χ3v) is 3.53. The molecule has 2 rings (SSSR count). The molecule has 106 valence electrons. The average Bonchev–Trinajstić information content (AvgIpc) is 2.39. The summed E-state index contributed by atoms with van der Waals surface area (Å²) in [5.74, 6) is 2.92. The Morgan fingerprint density at radius 1 is 1.47 bits per heavy atom. The van der Waals surface area contributed by atoms with Crippen molar-refractivity contribution in [2.45, 2.75) is 39.2 Å². The summed E-state index contributed by atoms with van der Waals surface area (Å²) in [4.78, 5) is 11.1. The highest BCUT2D eigenvalue weighted by atomic mass is 35.5. The van der Waals surface area contributed by atoms with Crippen molar-refractivity contribution in [3.05, 3.63) is 12.4 Å². The van der Waals surface area contributed by atoms with E-state index in [1.165, 1.54) is 12.8 Å². The zero-order chi connectivity index (χ0) is 13.7. The zero-order valence-corrected chi connectivity index (χ0v) is 12.4. The topological polar surface area (TPSA) is 38.2 Å². The van der Waals surface area contributed by atoms with Gasteiger partial charge in [0.25, 0.3) is 0 Å². The van der Waals surface area contributed by atoms with Gasteiger partial charge in [0.15, 0.2) is 5.82 Å². The minimum atomic E-state index is 0.120. The van der Waals surface area contributed by atoms with E-state index in [0.29, 0.717) is 11.8 Å². The molecule has 5 heteroatoms. The monoisotopic (exact) mass is 283 g/mol. The largest absolute Gasteiger partial charge is 0.474 e. The molecule has 0 amide bonds. The molecule has 1 fully saturated rings. The van der Waals surface area contributed by atoms with Gasteiger partial charge >= 0.3 is 0 Å². The predicted octanol–water partition coefficient (Wildman–Crippen LogP) is 3.11. The maximum atomic E-state index is 5.84. The maximum Gasteiger partial charge on any atom is 0.234 e. The first-order chi connectivity index (χ1) is 9.19. The van der Waals surface area contributed by atoms with Crippen molar-refractivity contribution in [1.82, 2.24) is 9.97 Å². The molecule has 1 unspecified atom stereocenters. The fraction of sp³-hybridized carbons (Fsp3) is 0.714. The van der Waals surface area contributed by atoms with Crippen LogP contribution in [0.5, 0.6) is 5.88 Å². The number of aromatic nitrogens is 2. The summed E-state index contributed by atoms with van der Waals surface area (Å²) in [6, 6.07) is 0. The molecule has 1 aliphatic heterocycles. The molecule has 19 heavy (non-hydrogen) atoms. The molecule has 0 bridgehead atoms. The van der Waals surface area contributed by atoms with Crippen LogP contribution in [0, 0.1) is 5.92 Å². The minimum absolute atomic E-state index is 0.120. The van der Waals surface area contributed by atoms with E-state index in [-0.39, 0.29) is 6.10 Å². The van der Waals surface area contributed by atoms with E-state index in [9.17, 15) is 0 Å². The highest BCUT2D eigenvalue weighted by Gasteiger charge is 2.21. The van der Waals surface area contributed by atoms with E-state index in [2.05, 4.69) is 14.9 Å². The lowest BCUT2D eigenvalue weighted by Gasteiger charge is -2.33. The molecule has 0 aromatic carbocycles. The highest BCUT2D eigenvalue weighted by Crippen LogP contribution is 2.24. The van der Waals surface area contributed by atoms with Gasteiger partial charge in [-0.3, -0.25) is 4.98 Å². The summed E-state index contributed by atoms with van der Waals surface area (Å²) >= 11 is 5.84. The van der Waals surface area contributed by atoms with Crippen LogP contribution >= 0.6 is 11.6 Å². The molecule has 4 nitrogen and oxygen atoms in total. The van der Waals surface area contributed by atoms with Crippen LogP contribution < -0.4 is 9.64 Å². The summed E-state index contributed by atoms with van der Waals surface area (Å²) in [5, 5.41) is 0. The summed E-state index contributed by atoms with van der Waals surface area (Å²) < 4.78 is 5.60. The van der Waals surface area contributed by atoms with Crippen molar-refractivity contribution in [3.63, 3.8) is 0 Å². The lowest BCUT2D eigenvalue weighted by atomic mass is 9.96. The Kier molecular flexibility index (Phi) is 5.25. The maximum absolute atomic E-state index is 5.84. The Hall–Kier alpha value is -1.03. The molecule has 1 aromatic rings. The summed E-state index contributed by atoms with van der Waals surface area (Å²) in [5.41, 5.74) is 0. The van der Waals surface area contributed by atoms with Gasteiger partial charge in [-0.15, -0.1) is 11.6 Å². The van der Waals surface area contributed by atoms with Crippen molar-refractivity contribution in [1.29, 1.82) is 0 Å². The van der Waals surface area contributed by atoms with Gasteiger partial charge in [0.2, 0.25) is 5.88 Å². The Morgan fingerprint density at radius 3 is 3.05 bits per heavy atom. The van der Waals surface area contributed by atoms with Crippen LogP contribution in [0.1, 0.15) is 33.1 Å². The minimum Gasteiger partial charge on any atom is -0.474 e. The Labute approximate surface area is 120 Å². The van der Waals surface area contributed by atoms with Gasteiger partial charge in [-0.2, -0.15) is 4.98 Å². The van der Waals surface area contributed by atoms with Gasteiger partial charge < -0.3 is 9.64 Å². The van der Waals surface area contributed by atoms with Crippen molar-refractivity contribution >= 4 is 17.4 Å². The summed E-state index contributed by atoms with van der Waals surface area (Å²) in [7, 11) is 0. The second kappa shape index (κ2) is 6.94. The lowest BCUT2D eigenvalue weighted by molar-refractivity contribution is 0.231. The number of hydrogen-bond acceptors (Lipinski definition) is 4. The number of anilines is 1. The Balaban J connectivity index is 2.04. The van der Waals surface area contributed by atoms with Crippen molar-refractivity contribution in [2.75, 3.05) is 23.9 Å². The fourth-order valence-electron chi connectivity index (χ4n) is 2.45. The molecule has 0 aliphatic carbocycles. The molecule has 1 saturated heterocycles. The first kappa shape index (κ1) is 14.4. The first-order valence-corrected chi connectivity index (χ1v) is 7.52. The summed E-state index contributed by atoms with van der Waals surface area (Å²) in [6.45, 7) is 6.04. The smallest absolute Gasteiger partial charge is 0.234 e. The van der Waals surface area contributed by atoms with Crippen LogP contribution in [0.2, 0.25) is 0 Å². The van der Waals surface area contributed by atoms with Gasteiger partial charge in [-0.25, -0.2) is 0 Å². The number of alkyl halides is 1. The molecule has 1 aliphatic rings. The van der Waals surface area contributed by atoms with Gasteiger partial charge in [0.1, 0.15) is 0 Å². The van der Waals surface area contributed by atoms with Gasteiger partial charge in [-0.1, -0.05) is 0 Å². The van der Waals surface area contributed by atoms with E-state index in [0.717, 1.165) is 31.2 Å². The number of hydrogen-bond donors (Lipinski definition) is 0. The number of halogens is 1. The molecule has 0 spiro atoms. The number of ether oxygens (including phenoxy) is 1. The average molecular weight is 284 g/mol. The van der Waals surface area contributed by atoms with E-state index >= 15 is 0 Å². The quantitative estimate of drug-likeness (QED) is 0.778. The van der Waals surface area contributed by atoms with E-state index < -0.39 is 0 Å². The van der Waals surface area contributed by atoms with E-state index in [4.69, 9.17) is 16.3 Å². The molecule has 1 atom stereocenters. The van der Waals surface area contributed by atoms with Crippen molar-refractivity contribution in [3.8, 4) is 5.88 Å². The first-order valence-electron chi connectivity index (χ1n) is 6.98. The molecule has 2 heterocycles. The molecule has 1 aromatic heterocycles. The van der Waals surface area contributed by atoms with Crippen LogP contribution in [0.3, 0.4) is 0 Å². The van der Waals surface area contributed by atoms with E-state index in [1.807, 2.05) is 20.0 Å². The second-order valence-corrected chi connectivity index (χ2v) is 5.69. The van der Waals surface area contributed by atoms with Crippen LogP contribution in [-0.4, -0.2) is 35.0 Å². The van der Waals surface area contributed by atoms with Crippen LogP contribution in [0.4, 0.5) is 5.82 Å². The zero-order valence-electron chi connectivity index (χ0n) is 11.7. The van der Waals surface area contributed by atoms with Crippen molar-refractivity contribution in [2.24, 2.45) is 5.92 Å². The van der Waals surface area contributed by atoms with Gasteiger partial charge in [0.05, 0.1) is 18.5 Å². The van der Waals surface area contributed by atoms with E-state index in [1.54, 1.807) is 6.20 Å². The molecule has 0 saturated carbocycles. The molecular formula is C14H22ClN3O.